The van der Waals surface area contributed by atoms with Gasteiger partial charge in [0.25, 0.3) is 0 Å². The molecule has 0 aromatic carbocycles. The third-order valence-electron chi connectivity index (χ3n) is 1.40. The number of hydrogen-bond donors (Lipinski definition) is 6. The Hall–Kier alpha value is 0.0400. The Labute approximate surface area is 131 Å². The fourth-order valence-electron chi connectivity index (χ4n) is 0.707. The molecule has 0 amide bonds. The summed E-state index contributed by atoms with van der Waals surface area (Å²) in [5.74, 6) is -4.20. The molecule has 11 nitrogen and oxygen atoms in total. The van der Waals surface area contributed by atoms with Gasteiger partial charge in [0.15, 0.2) is 11.8 Å². The Kier molecular flexibility index (Phi) is 9.38. The van der Waals surface area contributed by atoms with Crippen LogP contribution in [0.15, 0.2) is 4.99 Å². The average Bonchev–Trinajstić information content (AvgIpc) is 2.11. The van der Waals surface area contributed by atoms with Crippen molar-refractivity contribution in [3.63, 3.8) is 0 Å². The van der Waals surface area contributed by atoms with E-state index in [1.165, 1.54) is 0 Å². The maximum Gasteiger partial charge on any atom is 1.00 e. The zero-order valence-electron chi connectivity index (χ0n) is 10.9. The topological polar surface area (TPSA) is 206 Å². The number of carbonyl (C=O) groups excluding carboxylic acids is 1. The molecule has 0 radical (unpaired) electrons. The SMILES string of the molecule is NC(N)=NCC(=O)OP(=O)(O)C(O)CP(=O)(O)O.[H-].[Na+]. The van der Waals surface area contributed by atoms with Gasteiger partial charge in [0.05, 0.1) is 6.16 Å². The summed E-state index contributed by atoms with van der Waals surface area (Å²) in [5.41, 5.74) is 9.77. The summed E-state index contributed by atoms with van der Waals surface area (Å²) in [6.07, 6.45) is -1.32. The predicted octanol–water partition coefficient (Wildman–Crippen LogP) is -5.40. The van der Waals surface area contributed by atoms with E-state index in [9.17, 15) is 13.9 Å². The van der Waals surface area contributed by atoms with Crippen LogP contribution in [0.1, 0.15) is 1.43 Å². The average molecular weight is 329 g/mol. The molecule has 0 saturated carbocycles. The quantitative estimate of drug-likeness (QED) is 0.118. The first-order chi connectivity index (χ1) is 7.94. The molecule has 0 aliphatic heterocycles. The molecule has 0 saturated heterocycles. The van der Waals surface area contributed by atoms with Gasteiger partial charge in [-0.05, 0) is 0 Å². The van der Waals surface area contributed by atoms with E-state index in [0.717, 1.165) is 0 Å². The first kappa shape index (κ1) is 21.3. The molecule has 0 fully saturated rings. The molecule has 2 unspecified atom stereocenters. The van der Waals surface area contributed by atoms with Crippen LogP contribution in [0.3, 0.4) is 0 Å². The van der Waals surface area contributed by atoms with Gasteiger partial charge in [0, 0.05) is 0 Å². The molecule has 0 aromatic heterocycles. The Morgan fingerprint density at radius 3 is 2.16 bits per heavy atom. The van der Waals surface area contributed by atoms with Gasteiger partial charge >= 0.3 is 50.7 Å². The number of aliphatic imine (C=N–C) groups is 1. The Balaban J connectivity index is -0.00000144. The first-order valence-electron chi connectivity index (χ1n) is 4.27. The van der Waals surface area contributed by atoms with Crippen LogP contribution in [0.25, 0.3) is 0 Å². The summed E-state index contributed by atoms with van der Waals surface area (Å²) in [4.78, 5) is 40.2. The van der Waals surface area contributed by atoms with E-state index in [2.05, 4.69) is 9.52 Å². The minimum Gasteiger partial charge on any atom is -1.00 e. The van der Waals surface area contributed by atoms with Crippen molar-refractivity contribution in [2.75, 3.05) is 12.7 Å². The van der Waals surface area contributed by atoms with Crippen molar-refractivity contribution in [3.05, 3.63) is 0 Å². The van der Waals surface area contributed by atoms with Gasteiger partial charge in [0.1, 0.15) is 6.54 Å². The summed E-state index contributed by atoms with van der Waals surface area (Å²) in [5, 5.41) is 9.07. The van der Waals surface area contributed by atoms with Crippen molar-refractivity contribution in [1.29, 1.82) is 0 Å². The number of nitrogens with zero attached hydrogens (tertiary/aromatic N) is 1. The number of hydrogen-bond acceptors (Lipinski definition) is 6. The van der Waals surface area contributed by atoms with Crippen LogP contribution in [-0.4, -0.2) is 50.3 Å². The molecule has 0 aromatic rings. The zero-order chi connectivity index (χ0) is 14.6. The Morgan fingerprint density at radius 1 is 1.32 bits per heavy atom. The predicted molar refractivity (Wildman–Crippen MR) is 60.6 cm³/mol. The van der Waals surface area contributed by atoms with Crippen LogP contribution in [0.5, 0.6) is 0 Å². The molecule has 0 rings (SSSR count). The molecular weight excluding hydrogens is 315 g/mol. The molecule has 108 valence electrons. The molecule has 0 bridgehead atoms. The molecule has 0 aliphatic rings. The summed E-state index contributed by atoms with van der Waals surface area (Å²) in [7, 11) is -9.67. The van der Waals surface area contributed by atoms with Gasteiger partial charge in [-0.1, -0.05) is 0 Å². The smallest absolute Gasteiger partial charge is 1.00 e. The molecule has 14 heteroatoms. The van der Waals surface area contributed by atoms with Gasteiger partial charge in [0.2, 0.25) is 0 Å². The van der Waals surface area contributed by atoms with E-state index in [1.54, 1.807) is 0 Å². The van der Waals surface area contributed by atoms with Gasteiger partial charge in [-0.2, -0.15) is 0 Å². The number of rotatable bonds is 6. The van der Waals surface area contributed by atoms with Crippen LogP contribution in [0, 0.1) is 0 Å². The fraction of sp³-hybridized carbons (Fsp3) is 0.600. The first-order valence-corrected chi connectivity index (χ1v) is 7.71. The number of aliphatic hydroxyl groups excluding tert-OH is 1. The van der Waals surface area contributed by atoms with E-state index < -0.39 is 45.7 Å². The van der Waals surface area contributed by atoms with Crippen LogP contribution >= 0.6 is 15.2 Å². The van der Waals surface area contributed by atoms with E-state index in [-0.39, 0.29) is 31.0 Å². The molecule has 19 heavy (non-hydrogen) atoms. The summed E-state index contributed by atoms with van der Waals surface area (Å²) >= 11 is 0. The number of aliphatic hydroxyl groups is 1. The van der Waals surface area contributed by atoms with Crippen molar-refractivity contribution < 1.29 is 69.2 Å². The van der Waals surface area contributed by atoms with Crippen LogP contribution < -0.4 is 41.0 Å². The van der Waals surface area contributed by atoms with E-state index >= 15 is 0 Å². The second kappa shape index (κ2) is 8.35. The zero-order valence-corrected chi connectivity index (χ0v) is 13.7. The van der Waals surface area contributed by atoms with Gasteiger partial charge < -0.3 is 37.2 Å². The van der Waals surface area contributed by atoms with Crippen molar-refractivity contribution >= 4 is 27.1 Å². The van der Waals surface area contributed by atoms with Gasteiger partial charge in [-0.25, -0.2) is 14.4 Å². The molecule has 8 N–H and O–H groups in total. The minimum atomic E-state index is -4.93. The molecule has 0 aliphatic carbocycles. The summed E-state index contributed by atoms with van der Waals surface area (Å²) < 4.78 is 25.7. The van der Waals surface area contributed by atoms with E-state index in [1.807, 2.05) is 0 Å². The second-order valence-electron chi connectivity index (χ2n) is 3.10. The van der Waals surface area contributed by atoms with Gasteiger partial charge in [-0.3, -0.25) is 4.57 Å². The second-order valence-corrected chi connectivity index (χ2v) is 6.70. The Morgan fingerprint density at radius 2 is 1.79 bits per heavy atom. The van der Waals surface area contributed by atoms with Crippen LogP contribution in [0.2, 0.25) is 0 Å². The standard InChI is InChI=1S/C5H13N3O8P2.Na.H/c6-5(7)8-1-3(9)16-18(14,15)4(10)2-17(11,12)13;;/h4,10H,1-2H2,(H,14,15)(H4,6,7,8)(H2,11,12,13);;/q;+1;-1. The summed E-state index contributed by atoms with van der Waals surface area (Å²) in [6.45, 7) is -0.768. The molecule has 2 atom stereocenters. The fourth-order valence-corrected chi connectivity index (χ4v) is 3.07. The minimum absolute atomic E-state index is 0. The number of nitrogens with two attached hydrogens (primary N) is 2. The molecule has 0 heterocycles. The van der Waals surface area contributed by atoms with Gasteiger partial charge in [-0.15, -0.1) is 0 Å². The molecular formula is C5H14N3NaO8P2. The largest absolute Gasteiger partial charge is 1.00 e. The van der Waals surface area contributed by atoms with Crippen molar-refractivity contribution in [3.8, 4) is 0 Å². The number of guanidine groups is 1. The molecule has 0 spiro atoms. The monoisotopic (exact) mass is 329 g/mol. The third-order valence-corrected chi connectivity index (χ3v) is 3.91. The van der Waals surface area contributed by atoms with E-state index in [0.29, 0.717) is 0 Å². The van der Waals surface area contributed by atoms with Crippen LogP contribution in [0.4, 0.5) is 0 Å². The summed E-state index contributed by atoms with van der Waals surface area (Å²) in [6, 6.07) is 0. The third kappa shape index (κ3) is 10.5. The number of carbonyl (C=O) groups is 1. The maximum atomic E-state index is 11.3. The Bertz CT molecular complexity index is 438. The van der Waals surface area contributed by atoms with Crippen molar-refractivity contribution in [2.45, 2.75) is 5.85 Å². The van der Waals surface area contributed by atoms with Crippen molar-refractivity contribution in [1.82, 2.24) is 0 Å². The van der Waals surface area contributed by atoms with Crippen LogP contribution in [-0.2, 0) is 18.4 Å². The maximum absolute atomic E-state index is 11.3. The van der Waals surface area contributed by atoms with Crippen molar-refractivity contribution in [2.24, 2.45) is 16.5 Å². The normalized spacial score (nSPS) is 15.6. The van der Waals surface area contributed by atoms with E-state index in [4.69, 9.17) is 31.3 Å².